The van der Waals surface area contributed by atoms with Crippen LogP contribution in [0.25, 0.3) is 5.69 Å². The summed E-state index contributed by atoms with van der Waals surface area (Å²) in [5, 5.41) is 16.5. The molecule has 0 fully saturated rings. The number of hydrogen-bond acceptors (Lipinski definition) is 3. The first-order valence-corrected chi connectivity index (χ1v) is 8.25. The number of aliphatic hydroxyl groups is 1. The molecule has 0 bridgehead atoms. The van der Waals surface area contributed by atoms with Crippen LogP contribution in [0.1, 0.15) is 41.5 Å². The van der Waals surface area contributed by atoms with E-state index in [9.17, 15) is 9.90 Å². The van der Waals surface area contributed by atoms with Gasteiger partial charge in [0.25, 0.3) is 5.91 Å². The molecule has 0 atom stereocenters. The fourth-order valence-corrected chi connectivity index (χ4v) is 2.64. The number of nitrogens with one attached hydrogen (secondary N) is 1. The highest BCUT2D eigenvalue weighted by molar-refractivity contribution is 6.03. The molecule has 0 radical (unpaired) electrons. The van der Waals surface area contributed by atoms with E-state index < -0.39 is 0 Å². The Kier molecular flexibility index (Phi) is 4.95. The van der Waals surface area contributed by atoms with Gasteiger partial charge in [0.2, 0.25) is 0 Å². The number of nitrogens with zero attached hydrogens (tertiary/aromatic N) is 2. The number of amides is 1. The summed E-state index contributed by atoms with van der Waals surface area (Å²) in [5.74, 6) is -0.0429. The largest absolute Gasteiger partial charge is 0.392 e. The molecular formula is C20H21N3O2. The molecule has 2 aromatic carbocycles. The van der Waals surface area contributed by atoms with Gasteiger partial charge in [-0.25, -0.2) is 4.68 Å². The molecule has 128 valence electrons. The second-order valence-corrected chi connectivity index (χ2v) is 6.17. The lowest BCUT2D eigenvalue weighted by Gasteiger charge is -2.09. The molecule has 1 amide bonds. The van der Waals surface area contributed by atoms with E-state index in [2.05, 4.69) is 24.3 Å². The van der Waals surface area contributed by atoms with E-state index in [1.54, 1.807) is 24.3 Å². The zero-order valence-corrected chi connectivity index (χ0v) is 14.3. The van der Waals surface area contributed by atoms with Crippen molar-refractivity contribution < 1.29 is 9.90 Å². The first-order chi connectivity index (χ1) is 12.1. The topological polar surface area (TPSA) is 67.2 Å². The lowest BCUT2D eigenvalue weighted by atomic mass is 10.1. The summed E-state index contributed by atoms with van der Waals surface area (Å²) >= 11 is 0. The smallest absolute Gasteiger partial charge is 0.276 e. The zero-order valence-electron chi connectivity index (χ0n) is 14.3. The maximum absolute atomic E-state index is 12.6. The van der Waals surface area contributed by atoms with Crippen LogP contribution in [0.5, 0.6) is 0 Å². The predicted molar refractivity (Wildman–Crippen MR) is 98.0 cm³/mol. The van der Waals surface area contributed by atoms with Crippen LogP contribution in [0, 0.1) is 0 Å². The summed E-state index contributed by atoms with van der Waals surface area (Å²) in [4.78, 5) is 12.6. The number of rotatable bonds is 5. The maximum atomic E-state index is 12.6. The van der Waals surface area contributed by atoms with E-state index in [0.717, 1.165) is 16.9 Å². The van der Waals surface area contributed by atoms with Crippen molar-refractivity contribution in [3.63, 3.8) is 0 Å². The van der Waals surface area contributed by atoms with E-state index in [1.165, 1.54) is 0 Å². The molecule has 25 heavy (non-hydrogen) atoms. The Labute approximate surface area is 146 Å². The highest BCUT2D eigenvalue weighted by Crippen LogP contribution is 2.21. The quantitative estimate of drug-likeness (QED) is 0.746. The van der Waals surface area contributed by atoms with Gasteiger partial charge in [0.1, 0.15) is 0 Å². The first kappa shape index (κ1) is 16.9. The minimum Gasteiger partial charge on any atom is -0.392 e. The average molecular weight is 335 g/mol. The number of carbonyl (C=O) groups is 1. The molecule has 2 N–H and O–H groups in total. The molecule has 0 aliphatic heterocycles. The normalized spacial score (nSPS) is 10.9. The Morgan fingerprint density at radius 2 is 1.88 bits per heavy atom. The van der Waals surface area contributed by atoms with E-state index in [0.29, 0.717) is 11.4 Å². The standard InChI is InChI=1S/C20H21N3O2/c1-14(2)19-12-18(22-23(19)17-9-4-3-5-10-17)20(25)21-16-8-6-7-15(11-16)13-24/h3-12,14,24H,13H2,1-2H3,(H,21,25). The van der Waals surface area contributed by atoms with Gasteiger partial charge in [0, 0.05) is 11.4 Å². The van der Waals surface area contributed by atoms with Gasteiger partial charge in [-0.15, -0.1) is 0 Å². The number of anilines is 1. The van der Waals surface area contributed by atoms with Crippen molar-refractivity contribution in [1.29, 1.82) is 0 Å². The molecule has 0 spiro atoms. The van der Waals surface area contributed by atoms with Crippen LogP contribution in [-0.4, -0.2) is 20.8 Å². The number of benzene rings is 2. The van der Waals surface area contributed by atoms with Crippen molar-refractivity contribution >= 4 is 11.6 Å². The molecule has 0 aliphatic carbocycles. The number of para-hydroxylation sites is 1. The van der Waals surface area contributed by atoms with E-state index in [1.807, 2.05) is 41.1 Å². The van der Waals surface area contributed by atoms with Crippen LogP contribution >= 0.6 is 0 Å². The van der Waals surface area contributed by atoms with Crippen molar-refractivity contribution in [1.82, 2.24) is 9.78 Å². The molecule has 0 aliphatic rings. The monoisotopic (exact) mass is 335 g/mol. The first-order valence-electron chi connectivity index (χ1n) is 8.25. The zero-order chi connectivity index (χ0) is 17.8. The third-order valence-electron chi connectivity index (χ3n) is 3.93. The molecular weight excluding hydrogens is 314 g/mol. The Balaban J connectivity index is 1.90. The third-order valence-corrected chi connectivity index (χ3v) is 3.93. The lowest BCUT2D eigenvalue weighted by molar-refractivity contribution is 0.102. The lowest BCUT2D eigenvalue weighted by Crippen LogP contribution is -2.13. The van der Waals surface area contributed by atoms with Crippen LogP contribution in [0.4, 0.5) is 5.69 Å². The minimum absolute atomic E-state index is 0.0656. The molecule has 3 aromatic rings. The maximum Gasteiger partial charge on any atom is 0.276 e. The summed E-state index contributed by atoms with van der Waals surface area (Å²) < 4.78 is 1.81. The summed E-state index contributed by atoms with van der Waals surface area (Å²) in [6, 6.07) is 18.7. The van der Waals surface area contributed by atoms with Crippen LogP contribution in [0.15, 0.2) is 60.7 Å². The molecule has 1 aromatic heterocycles. The van der Waals surface area contributed by atoms with E-state index in [-0.39, 0.29) is 18.4 Å². The van der Waals surface area contributed by atoms with Crippen molar-refractivity contribution in [2.75, 3.05) is 5.32 Å². The van der Waals surface area contributed by atoms with Gasteiger partial charge < -0.3 is 10.4 Å². The molecule has 0 unspecified atom stereocenters. The van der Waals surface area contributed by atoms with Gasteiger partial charge in [-0.2, -0.15) is 5.10 Å². The molecule has 0 saturated carbocycles. The Morgan fingerprint density at radius 3 is 2.56 bits per heavy atom. The highest BCUT2D eigenvalue weighted by Gasteiger charge is 2.17. The van der Waals surface area contributed by atoms with E-state index >= 15 is 0 Å². The average Bonchev–Trinajstić information content (AvgIpc) is 3.08. The fraction of sp³-hybridized carbons (Fsp3) is 0.200. The van der Waals surface area contributed by atoms with Crippen molar-refractivity contribution in [3.05, 3.63) is 77.6 Å². The number of hydrogen-bond donors (Lipinski definition) is 2. The molecule has 5 heteroatoms. The molecule has 1 heterocycles. The predicted octanol–water partition coefficient (Wildman–Crippen LogP) is 3.74. The van der Waals surface area contributed by atoms with Crippen molar-refractivity contribution in [2.24, 2.45) is 0 Å². The van der Waals surface area contributed by atoms with Crippen LogP contribution in [-0.2, 0) is 6.61 Å². The Bertz CT molecular complexity index is 870. The van der Waals surface area contributed by atoms with Gasteiger partial charge in [0.05, 0.1) is 12.3 Å². The third kappa shape index (κ3) is 3.78. The van der Waals surface area contributed by atoms with Crippen molar-refractivity contribution in [3.8, 4) is 5.69 Å². The van der Waals surface area contributed by atoms with Gasteiger partial charge in [-0.3, -0.25) is 4.79 Å². The molecule has 0 saturated heterocycles. The Hall–Kier alpha value is -2.92. The number of aromatic nitrogens is 2. The van der Waals surface area contributed by atoms with Crippen LogP contribution in [0.2, 0.25) is 0 Å². The Morgan fingerprint density at radius 1 is 1.12 bits per heavy atom. The highest BCUT2D eigenvalue weighted by atomic mass is 16.3. The van der Waals surface area contributed by atoms with Gasteiger partial charge in [-0.05, 0) is 41.8 Å². The van der Waals surface area contributed by atoms with Gasteiger partial charge in [-0.1, -0.05) is 44.2 Å². The minimum atomic E-state index is -0.272. The second kappa shape index (κ2) is 7.32. The van der Waals surface area contributed by atoms with Crippen molar-refractivity contribution in [2.45, 2.75) is 26.4 Å². The molecule has 3 rings (SSSR count). The summed E-state index contributed by atoms with van der Waals surface area (Å²) in [6.07, 6.45) is 0. The van der Waals surface area contributed by atoms with Crippen LogP contribution in [0.3, 0.4) is 0 Å². The van der Waals surface area contributed by atoms with E-state index in [4.69, 9.17) is 0 Å². The second-order valence-electron chi connectivity index (χ2n) is 6.17. The van der Waals surface area contributed by atoms with Crippen LogP contribution < -0.4 is 5.32 Å². The summed E-state index contributed by atoms with van der Waals surface area (Å²) in [7, 11) is 0. The fourth-order valence-electron chi connectivity index (χ4n) is 2.64. The summed E-state index contributed by atoms with van der Waals surface area (Å²) in [6.45, 7) is 4.08. The SMILES string of the molecule is CC(C)c1cc(C(=O)Nc2cccc(CO)c2)nn1-c1ccccc1. The van der Waals surface area contributed by atoms with Gasteiger partial charge >= 0.3 is 0 Å². The molecule has 5 nitrogen and oxygen atoms in total. The number of carbonyl (C=O) groups excluding carboxylic acids is 1. The summed E-state index contributed by atoms with van der Waals surface area (Å²) in [5.41, 5.74) is 3.64. The number of aliphatic hydroxyl groups excluding tert-OH is 1. The van der Waals surface area contributed by atoms with Gasteiger partial charge in [0.15, 0.2) is 5.69 Å².